The molecule has 2 heteroatoms. The van der Waals surface area contributed by atoms with Crippen molar-refractivity contribution in [2.45, 2.75) is 38.3 Å². The summed E-state index contributed by atoms with van der Waals surface area (Å²) in [5.74, 6) is 0.928. The Balaban J connectivity index is 1.63. The SMILES string of the molecule is c1ccc(CN2CCCC2C2CCNCC2)cc1. The number of likely N-dealkylation sites (tertiary alicyclic amines) is 1. The fourth-order valence-corrected chi connectivity index (χ4v) is 3.63. The quantitative estimate of drug-likeness (QED) is 0.879. The Bertz CT molecular complexity index is 357. The third-order valence-corrected chi connectivity index (χ3v) is 4.57. The van der Waals surface area contributed by atoms with Gasteiger partial charge >= 0.3 is 0 Å². The van der Waals surface area contributed by atoms with Crippen LogP contribution in [0, 0.1) is 5.92 Å². The molecule has 2 nitrogen and oxygen atoms in total. The first-order chi connectivity index (χ1) is 8.93. The van der Waals surface area contributed by atoms with E-state index in [1.54, 1.807) is 0 Å². The normalized spacial score (nSPS) is 26.6. The molecule has 2 aliphatic rings. The van der Waals surface area contributed by atoms with Crippen LogP contribution in [0.25, 0.3) is 0 Å². The van der Waals surface area contributed by atoms with Gasteiger partial charge in [-0.1, -0.05) is 30.3 Å². The molecule has 0 amide bonds. The van der Waals surface area contributed by atoms with Crippen molar-refractivity contribution >= 4 is 0 Å². The summed E-state index contributed by atoms with van der Waals surface area (Å²) >= 11 is 0. The van der Waals surface area contributed by atoms with Crippen LogP contribution in [-0.2, 0) is 6.54 Å². The molecule has 2 heterocycles. The van der Waals surface area contributed by atoms with E-state index < -0.39 is 0 Å². The minimum absolute atomic E-state index is 0.840. The highest BCUT2D eigenvalue weighted by atomic mass is 15.2. The maximum atomic E-state index is 3.48. The van der Waals surface area contributed by atoms with E-state index in [9.17, 15) is 0 Å². The molecule has 0 aliphatic carbocycles. The predicted octanol–water partition coefficient (Wildman–Crippen LogP) is 2.65. The first-order valence-corrected chi connectivity index (χ1v) is 7.42. The van der Waals surface area contributed by atoms with Crippen LogP contribution in [-0.4, -0.2) is 30.6 Å². The molecule has 2 saturated heterocycles. The van der Waals surface area contributed by atoms with E-state index in [0.29, 0.717) is 0 Å². The van der Waals surface area contributed by atoms with Gasteiger partial charge in [0.05, 0.1) is 0 Å². The highest BCUT2D eigenvalue weighted by Gasteiger charge is 2.31. The van der Waals surface area contributed by atoms with Crippen LogP contribution in [0.1, 0.15) is 31.2 Å². The van der Waals surface area contributed by atoms with Crippen LogP contribution in [0.4, 0.5) is 0 Å². The number of benzene rings is 1. The van der Waals surface area contributed by atoms with Crippen molar-refractivity contribution in [1.82, 2.24) is 10.2 Å². The topological polar surface area (TPSA) is 15.3 Å². The average molecular weight is 244 g/mol. The van der Waals surface area contributed by atoms with Crippen LogP contribution >= 0.6 is 0 Å². The Morgan fingerprint density at radius 3 is 2.61 bits per heavy atom. The van der Waals surface area contributed by atoms with Gasteiger partial charge in [0.2, 0.25) is 0 Å². The monoisotopic (exact) mass is 244 g/mol. The lowest BCUT2D eigenvalue weighted by atomic mass is 9.88. The fourth-order valence-electron chi connectivity index (χ4n) is 3.63. The Labute approximate surface area is 110 Å². The summed E-state index contributed by atoms with van der Waals surface area (Å²) < 4.78 is 0. The first-order valence-electron chi connectivity index (χ1n) is 7.42. The molecule has 18 heavy (non-hydrogen) atoms. The average Bonchev–Trinajstić information content (AvgIpc) is 2.89. The van der Waals surface area contributed by atoms with Crippen LogP contribution in [0.2, 0.25) is 0 Å². The number of nitrogens with one attached hydrogen (secondary N) is 1. The van der Waals surface area contributed by atoms with Gasteiger partial charge in [0.1, 0.15) is 0 Å². The van der Waals surface area contributed by atoms with Gasteiger partial charge in [0.15, 0.2) is 0 Å². The number of rotatable bonds is 3. The summed E-state index contributed by atoms with van der Waals surface area (Å²) in [5, 5.41) is 3.48. The third-order valence-electron chi connectivity index (χ3n) is 4.57. The molecule has 1 N–H and O–H groups in total. The van der Waals surface area contributed by atoms with E-state index in [0.717, 1.165) is 18.5 Å². The summed E-state index contributed by atoms with van der Waals surface area (Å²) in [6.07, 6.45) is 5.55. The van der Waals surface area contributed by atoms with Gasteiger partial charge in [0.25, 0.3) is 0 Å². The van der Waals surface area contributed by atoms with Crippen molar-refractivity contribution in [2.75, 3.05) is 19.6 Å². The molecular weight excluding hydrogens is 220 g/mol. The molecule has 1 aromatic carbocycles. The summed E-state index contributed by atoms with van der Waals surface area (Å²) in [6.45, 7) is 4.89. The minimum Gasteiger partial charge on any atom is -0.317 e. The summed E-state index contributed by atoms with van der Waals surface area (Å²) in [4.78, 5) is 2.73. The molecule has 0 bridgehead atoms. The van der Waals surface area contributed by atoms with Crippen molar-refractivity contribution in [3.63, 3.8) is 0 Å². The Morgan fingerprint density at radius 2 is 1.83 bits per heavy atom. The van der Waals surface area contributed by atoms with E-state index >= 15 is 0 Å². The summed E-state index contributed by atoms with van der Waals surface area (Å²) in [7, 11) is 0. The van der Waals surface area contributed by atoms with Crippen LogP contribution < -0.4 is 5.32 Å². The van der Waals surface area contributed by atoms with Gasteiger partial charge in [-0.05, 0) is 56.8 Å². The van der Waals surface area contributed by atoms with E-state index in [1.807, 2.05) is 0 Å². The zero-order valence-corrected chi connectivity index (χ0v) is 11.1. The van der Waals surface area contributed by atoms with Crippen molar-refractivity contribution in [3.05, 3.63) is 35.9 Å². The standard InChI is InChI=1S/C16H24N2/c1-2-5-14(6-3-1)13-18-12-4-7-16(18)15-8-10-17-11-9-15/h1-3,5-6,15-17H,4,7-13H2. The lowest BCUT2D eigenvalue weighted by Gasteiger charge is -2.34. The molecule has 1 aromatic rings. The number of nitrogens with zero attached hydrogens (tertiary/aromatic N) is 1. The maximum Gasteiger partial charge on any atom is 0.0236 e. The second kappa shape index (κ2) is 5.85. The molecule has 98 valence electrons. The van der Waals surface area contributed by atoms with E-state index in [4.69, 9.17) is 0 Å². The van der Waals surface area contributed by atoms with Crippen molar-refractivity contribution < 1.29 is 0 Å². The van der Waals surface area contributed by atoms with Crippen LogP contribution in [0.3, 0.4) is 0 Å². The number of hydrogen-bond donors (Lipinski definition) is 1. The van der Waals surface area contributed by atoms with Gasteiger partial charge < -0.3 is 5.32 Å². The molecule has 0 spiro atoms. The molecule has 0 radical (unpaired) electrons. The third kappa shape index (κ3) is 2.76. The van der Waals surface area contributed by atoms with Crippen molar-refractivity contribution in [1.29, 1.82) is 0 Å². The number of piperidine rings is 1. The zero-order valence-electron chi connectivity index (χ0n) is 11.1. The molecule has 2 aliphatic heterocycles. The van der Waals surface area contributed by atoms with Gasteiger partial charge in [-0.15, -0.1) is 0 Å². The molecule has 1 atom stereocenters. The highest BCUT2D eigenvalue weighted by molar-refractivity contribution is 5.15. The molecule has 3 rings (SSSR count). The molecule has 2 fully saturated rings. The highest BCUT2D eigenvalue weighted by Crippen LogP contribution is 2.30. The first kappa shape index (κ1) is 12.2. The zero-order chi connectivity index (χ0) is 12.2. The maximum absolute atomic E-state index is 3.48. The molecule has 0 aromatic heterocycles. The molecule has 0 saturated carbocycles. The van der Waals surface area contributed by atoms with Crippen molar-refractivity contribution in [3.8, 4) is 0 Å². The van der Waals surface area contributed by atoms with Gasteiger partial charge in [-0.2, -0.15) is 0 Å². The summed E-state index contributed by atoms with van der Waals surface area (Å²) in [6, 6.07) is 11.8. The van der Waals surface area contributed by atoms with Crippen LogP contribution in [0.5, 0.6) is 0 Å². The van der Waals surface area contributed by atoms with E-state index in [-0.39, 0.29) is 0 Å². The Hall–Kier alpha value is -0.860. The second-order valence-electron chi connectivity index (χ2n) is 5.75. The Kier molecular flexibility index (Phi) is 3.96. The Morgan fingerprint density at radius 1 is 1.06 bits per heavy atom. The van der Waals surface area contributed by atoms with Gasteiger partial charge in [0, 0.05) is 12.6 Å². The fraction of sp³-hybridized carbons (Fsp3) is 0.625. The lowest BCUT2D eigenvalue weighted by molar-refractivity contribution is 0.156. The predicted molar refractivity (Wildman–Crippen MR) is 75.5 cm³/mol. The number of hydrogen-bond acceptors (Lipinski definition) is 2. The minimum atomic E-state index is 0.840. The largest absolute Gasteiger partial charge is 0.317 e. The van der Waals surface area contributed by atoms with Crippen LogP contribution in [0.15, 0.2) is 30.3 Å². The van der Waals surface area contributed by atoms with Gasteiger partial charge in [-0.3, -0.25) is 4.90 Å². The summed E-state index contributed by atoms with van der Waals surface area (Å²) in [5.41, 5.74) is 1.47. The van der Waals surface area contributed by atoms with Gasteiger partial charge in [-0.25, -0.2) is 0 Å². The second-order valence-corrected chi connectivity index (χ2v) is 5.75. The van der Waals surface area contributed by atoms with E-state index in [1.165, 1.54) is 50.9 Å². The van der Waals surface area contributed by atoms with Crippen molar-refractivity contribution in [2.24, 2.45) is 5.92 Å². The van der Waals surface area contributed by atoms with E-state index in [2.05, 4.69) is 40.5 Å². The smallest absolute Gasteiger partial charge is 0.0236 e. The molecule has 1 unspecified atom stereocenters. The lowest BCUT2D eigenvalue weighted by Crippen LogP contribution is -2.40. The molecular formula is C16H24N2.